The summed E-state index contributed by atoms with van der Waals surface area (Å²) in [6, 6.07) is 0. The highest BCUT2D eigenvalue weighted by molar-refractivity contribution is 5.66. The molecule has 3 nitrogen and oxygen atoms in total. The molecule has 0 aliphatic carbocycles. The molecule has 0 bridgehead atoms. The zero-order valence-electron chi connectivity index (χ0n) is 8.25. The highest BCUT2D eigenvalue weighted by atomic mass is 16.4. The largest absolute Gasteiger partial charge is 0.481 e. The number of carbonyl (C=O) groups is 1. The Kier molecular flexibility index (Phi) is 4.22. The van der Waals surface area contributed by atoms with Gasteiger partial charge in [-0.25, -0.2) is 0 Å². The minimum Gasteiger partial charge on any atom is -0.481 e. The van der Waals surface area contributed by atoms with E-state index in [0.29, 0.717) is 18.3 Å². The van der Waals surface area contributed by atoms with Crippen LogP contribution < -0.4 is 5.32 Å². The van der Waals surface area contributed by atoms with Crippen molar-refractivity contribution in [3.05, 3.63) is 0 Å². The fourth-order valence-electron chi connectivity index (χ4n) is 2.14. The number of rotatable bonds is 4. The van der Waals surface area contributed by atoms with Gasteiger partial charge in [-0.3, -0.25) is 4.79 Å². The van der Waals surface area contributed by atoms with E-state index in [0.717, 1.165) is 32.4 Å². The number of nitrogens with one attached hydrogen (secondary N) is 1. The molecule has 3 heteroatoms. The molecule has 0 saturated carbocycles. The van der Waals surface area contributed by atoms with Gasteiger partial charge in [0.15, 0.2) is 0 Å². The summed E-state index contributed by atoms with van der Waals surface area (Å²) in [4.78, 5) is 10.4. The maximum Gasteiger partial charge on any atom is 0.303 e. The lowest BCUT2D eigenvalue weighted by Crippen LogP contribution is -2.36. The molecule has 0 spiro atoms. The average molecular weight is 185 g/mol. The Labute approximate surface area is 79.5 Å². The van der Waals surface area contributed by atoms with Crippen LogP contribution in [0.1, 0.15) is 32.6 Å². The van der Waals surface area contributed by atoms with Gasteiger partial charge < -0.3 is 10.4 Å². The molecule has 13 heavy (non-hydrogen) atoms. The van der Waals surface area contributed by atoms with E-state index >= 15 is 0 Å². The normalized spacial score (nSPS) is 28.7. The van der Waals surface area contributed by atoms with Crippen LogP contribution in [0.2, 0.25) is 0 Å². The van der Waals surface area contributed by atoms with Crippen LogP contribution in [-0.4, -0.2) is 24.2 Å². The van der Waals surface area contributed by atoms with Crippen molar-refractivity contribution >= 4 is 5.97 Å². The highest BCUT2D eigenvalue weighted by Gasteiger charge is 2.23. The molecule has 1 fully saturated rings. The SMILES string of the molecule is CCC1CNCCC1CCC(=O)O. The predicted octanol–water partition coefficient (Wildman–Crippen LogP) is 1.49. The Morgan fingerprint density at radius 2 is 2.31 bits per heavy atom. The second-order valence-electron chi connectivity index (χ2n) is 3.85. The summed E-state index contributed by atoms with van der Waals surface area (Å²) in [6.45, 7) is 4.31. The minimum absolute atomic E-state index is 0.334. The molecule has 1 aliphatic rings. The zero-order chi connectivity index (χ0) is 9.68. The minimum atomic E-state index is -0.659. The molecule has 1 heterocycles. The Hall–Kier alpha value is -0.570. The summed E-state index contributed by atoms with van der Waals surface area (Å²) in [7, 11) is 0. The summed E-state index contributed by atoms with van der Waals surface area (Å²) >= 11 is 0. The molecule has 0 aromatic rings. The molecule has 2 atom stereocenters. The van der Waals surface area contributed by atoms with Gasteiger partial charge in [-0.2, -0.15) is 0 Å². The number of piperidine rings is 1. The number of hydrogen-bond acceptors (Lipinski definition) is 2. The van der Waals surface area contributed by atoms with Gasteiger partial charge in [-0.1, -0.05) is 13.3 Å². The molecule has 1 aliphatic heterocycles. The first-order valence-electron chi connectivity index (χ1n) is 5.16. The highest BCUT2D eigenvalue weighted by Crippen LogP contribution is 2.26. The van der Waals surface area contributed by atoms with Gasteiger partial charge in [-0.05, 0) is 37.8 Å². The Balaban J connectivity index is 2.31. The molecular weight excluding hydrogens is 166 g/mol. The first kappa shape index (κ1) is 10.5. The lowest BCUT2D eigenvalue weighted by Gasteiger charge is -2.31. The van der Waals surface area contributed by atoms with Crippen molar-refractivity contribution in [1.82, 2.24) is 5.32 Å². The molecule has 0 radical (unpaired) electrons. The van der Waals surface area contributed by atoms with Crippen LogP contribution in [0.25, 0.3) is 0 Å². The number of carboxylic acid groups (broad SMARTS) is 1. The molecule has 1 rings (SSSR count). The lowest BCUT2D eigenvalue weighted by molar-refractivity contribution is -0.137. The monoisotopic (exact) mass is 185 g/mol. The molecule has 0 aromatic carbocycles. The Morgan fingerprint density at radius 3 is 2.92 bits per heavy atom. The predicted molar refractivity (Wildman–Crippen MR) is 51.6 cm³/mol. The standard InChI is InChI=1S/C10H19NO2/c1-2-8-7-11-6-5-9(8)3-4-10(12)13/h8-9,11H,2-7H2,1H3,(H,12,13). The average Bonchev–Trinajstić information content (AvgIpc) is 2.15. The Bertz CT molecular complexity index is 170. The van der Waals surface area contributed by atoms with Crippen molar-refractivity contribution in [2.24, 2.45) is 11.8 Å². The third-order valence-corrected chi connectivity index (χ3v) is 3.02. The van der Waals surface area contributed by atoms with Gasteiger partial charge in [0.25, 0.3) is 0 Å². The van der Waals surface area contributed by atoms with Crippen LogP contribution >= 0.6 is 0 Å². The first-order valence-corrected chi connectivity index (χ1v) is 5.16. The fraction of sp³-hybridized carbons (Fsp3) is 0.900. The number of aliphatic carboxylic acids is 1. The zero-order valence-corrected chi connectivity index (χ0v) is 8.25. The van der Waals surface area contributed by atoms with Gasteiger partial charge in [-0.15, -0.1) is 0 Å². The lowest BCUT2D eigenvalue weighted by atomic mass is 9.82. The van der Waals surface area contributed by atoms with Crippen molar-refractivity contribution in [1.29, 1.82) is 0 Å². The van der Waals surface area contributed by atoms with Crippen LogP contribution in [-0.2, 0) is 4.79 Å². The summed E-state index contributed by atoms with van der Waals surface area (Å²) in [5.41, 5.74) is 0. The van der Waals surface area contributed by atoms with E-state index in [1.54, 1.807) is 0 Å². The second-order valence-corrected chi connectivity index (χ2v) is 3.85. The van der Waals surface area contributed by atoms with E-state index in [2.05, 4.69) is 12.2 Å². The van der Waals surface area contributed by atoms with E-state index in [1.807, 2.05) is 0 Å². The topological polar surface area (TPSA) is 49.3 Å². The molecule has 2 unspecified atom stereocenters. The third kappa shape index (κ3) is 3.35. The summed E-state index contributed by atoms with van der Waals surface area (Å²) in [5.74, 6) is 0.656. The molecule has 0 aromatic heterocycles. The first-order chi connectivity index (χ1) is 6.24. The number of carboxylic acids is 1. The quantitative estimate of drug-likeness (QED) is 0.697. The van der Waals surface area contributed by atoms with Crippen LogP contribution in [0.15, 0.2) is 0 Å². The van der Waals surface area contributed by atoms with E-state index in [-0.39, 0.29) is 0 Å². The summed E-state index contributed by atoms with van der Waals surface area (Å²) in [5, 5.41) is 11.9. The molecule has 76 valence electrons. The second kappa shape index (κ2) is 5.22. The van der Waals surface area contributed by atoms with Crippen molar-refractivity contribution < 1.29 is 9.90 Å². The number of hydrogen-bond donors (Lipinski definition) is 2. The third-order valence-electron chi connectivity index (χ3n) is 3.02. The smallest absolute Gasteiger partial charge is 0.303 e. The molecule has 1 saturated heterocycles. The van der Waals surface area contributed by atoms with E-state index in [4.69, 9.17) is 5.11 Å². The van der Waals surface area contributed by atoms with Crippen molar-refractivity contribution in [3.8, 4) is 0 Å². The van der Waals surface area contributed by atoms with Crippen molar-refractivity contribution in [2.75, 3.05) is 13.1 Å². The maximum absolute atomic E-state index is 10.4. The van der Waals surface area contributed by atoms with E-state index in [1.165, 1.54) is 0 Å². The van der Waals surface area contributed by atoms with Crippen LogP contribution in [0.4, 0.5) is 0 Å². The Morgan fingerprint density at radius 1 is 1.54 bits per heavy atom. The van der Waals surface area contributed by atoms with Gasteiger partial charge in [0.1, 0.15) is 0 Å². The van der Waals surface area contributed by atoms with Crippen LogP contribution in [0.3, 0.4) is 0 Å². The summed E-state index contributed by atoms with van der Waals surface area (Å²) in [6.07, 6.45) is 3.50. The van der Waals surface area contributed by atoms with E-state index < -0.39 is 5.97 Å². The van der Waals surface area contributed by atoms with Gasteiger partial charge in [0.05, 0.1) is 0 Å². The van der Waals surface area contributed by atoms with Gasteiger partial charge in [0, 0.05) is 6.42 Å². The van der Waals surface area contributed by atoms with Crippen LogP contribution in [0.5, 0.6) is 0 Å². The molecule has 2 N–H and O–H groups in total. The van der Waals surface area contributed by atoms with Crippen molar-refractivity contribution in [3.63, 3.8) is 0 Å². The summed E-state index contributed by atoms with van der Waals surface area (Å²) < 4.78 is 0. The van der Waals surface area contributed by atoms with Gasteiger partial charge in [0.2, 0.25) is 0 Å². The fourth-order valence-corrected chi connectivity index (χ4v) is 2.14. The maximum atomic E-state index is 10.4. The van der Waals surface area contributed by atoms with Crippen molar-refractivity contribution in [2.45, 2.75) is 32.6 Å². The van der Waals surface area contributed by atoms with Crippen LogP contribution in [0, 0.1) is 11.8 Å². The molecular formula is C10H19NO2. The molecule has 0 amide bonds. The van der Waals surface area contributed by atoms with Gasteiger partial charge >= 0.3 is 5.97 Å². The van der Waals surface area contributed by atoms with E-state index in [9.17, 15) is 4.79 Å².